The molecule has 5 N–H and O–H groups in total. The van der Waals surface area contributed by atoms with Crippen molar-refractivity contribution in [3.63, 3.8) is 0 Å². The molecule has 8 heteroatoms. The van der Waals surface area contributed by atoms with E-state index in [1.807, 2.05) is 23.8 Å². The largest absolute Gasteiger partial charge is 1.00 e. The van der Waals surface area contributed by atoms with Crippen molar-refractivity contribution in [2.75, 3.05) is 0 Å². The minimum absolute atomic E-state index is 0. The molecule has 0 amide bonds. The van der Waals surface area contributed by atoms with Crippen LogP contribution in [0.15, 0.2) is 23.8 Å². The van der Waals surface area contributed by atoms with E-state index in [0.29, 0.717) is 0 Å². The predicted molar refractivity (Wildman–Crippen MR) is 45.8 cm³/mol. The van der Waals surface area contributed by atoms with E-state index >= 15 is 0 Å². The van der Waals surface area contributed by atoms with Gasteiger partial charge in [0, 0.05) is 10.8 Å². The Kier molecular flexibility index (Phi) is 23.3. The molecule has 0 aromatic heterocycles. The van der Waals surface area contributed by atoms with Gasteiger partial charge < -0.3 is 11.6 Å². The first-order valence-electron chi connectivity index (χ1n) is 2.31. The molecule has 12 heavy (non-hydrogen) atoms. The van der Waals surface area contributed by atoms with Crippen molar-refractivity contribution in [3.05, 3.63) is 23.8 Å². The Hall–Kier alpha value is 1.25. The van der Waals surface area contributed by atoms with Crippen molar-refractivity contribution >= 4 is 20.2 Å². The zero-order valence-electron chi connectivity index (χ0n) is 7.47. The average molecular weight is 238 g/mol. The average Bonchev–Trinajstić information content (AvgIpc) is 1.90. The van der Waals surface area contributed by atoms with Gasteiger partial charge in [0.1, 0.15) is 0 Å². The van der Waals surface area contributed by atoms with E-state index in [9.17, 15) is 0 Å². The van der Waals surface area contributed by atoms with E-state index < -0.39 is 8.25 Å². The normalized spacial score (nSPS) is 10.8. The monoisotopic (exact) mass is 238 g/mol. The van der Waals surface area contributed by atoms with Gasteiger partial charge in [0.15, 0.2) is 0 Å². The molecule has 1 rings (SSSR count). The fraction of sp³-hybridized carbons (Fsp3) is 0. The smallest absolute Gasteiger partial charge is 1.00 e. The fourth-order valence-corrected chi connectivity index (χ4v) is 0.663. The van der Waals surface area contributed by atoms with Gasteiger partial charge in [0.25, 0.3) is 0 Å². The van der Waals surface area contributed by atoms with Crippen molar-refractivity contribution in [2.24, 2.45) is 0 Å². The topological polar surface area (TPSA) is 101 Å². The molecule has 0 saturated heterocycles. The van der Waals surface area contributed by atoms with Gasteiger partial charge in [-0.2, -0.15) is 0 Å². The van der Waals surface area contributed by atoms with Gasteiger partial charge in [-0.3, -0.25) is 0 Å². The van der Waals surface area contributed by atoms with E-state index in [1.165, 1.54) is 0 Å². The summed E-state index contributed by atoms with van der Waals surface area (Å²) in [6.45, 7) is 0. The number of allylic oxidation sites excluding steroid dienone is 2. The first-order valence-corrected chi connectivity index (χ1v) is 4.36. The molecule has 0 fully saturated rings. The van der Waals surface area contributed by atoms with Gasteiger partial charge in [-0.05, 0) is 23.4 Å². The number of rotatable bonds is 0. The molecule has 0 atom stereocenters. The molecule has 1 aliphatic heterocycles. The molecule has 5 nitrogen and oxygen atoms in total. The molecule has 0 bridgehead atoms. The summed E-state index contributed by atoms with van der Waals surface area (Å²) in [5, 5.41) is 1.99. The minimum atomic E-state index is -2.87. The van der Waals surface area contributed by atoms with E-state index in [2.05, 4.69) is 4.72 Å². The van der Waals surface area contributed by atoms with Gasteiger partial charge in [0.2, 0.25) is 0 Å². The Morgan fingerprint density at radius 2 is 1.92 bits per heavy atom. The van der Waals surface area contributed by atoms with Crippen LogP contribution in [0.25, 0.3) is 0 Å². The van der Waals surface area contributed by atoms with Crippen molar-refractivity contribution in [1.82, 2.24) is 4.72 Å². The van der Waals surface area contributed by atoms with Crippen LogP contribution in [0.1, 0.15) is 1.43 Å². The first-order chi connectivity index (χ1) is 4.73. The standard InChI is InChI=1S/C4H5NS.K.HO3P.H2O.H/c1-2-4-6-5-3-1;;1-4(2)3;;/h1-5H;;(H-,1,2,3);1H2;/q;+1;;;-1/p+1. The summed E-state index contributed by atoms with van der Waals surface area (Å²) in [5.41, 5.74) is 0. The third kappa shape index (κ3) is 22.5. The Bertz CT molecular complexity index is 154. The van der Waals surface area contributed by atoms with Crippen LogP contribution < -0.4 is 56.1 Å². The van der Waals surface area contributed by atoms with Gasteiger partial charge in [-0.25, -0.2) is 0 Å². The molecular formula is C4H10KNO4PS+. The molecule has 0 aromatic carbocycles. The Balaban J connectivity index is -0.0000000536. The first kappa shape index (κ1) is 18.9. The van der Waals surface area contributed by atoms with Crippen LogP contribution in [0, 0.1) is 0 Å². The van der Waals surface area contributed by atoms with Gasteiger partial charge >= 0.3 is 59.6 Å². The molecular weight excluding hydrogens is 228 g/mol. The van der Waals surface area contributed by atoms with Crippen LogP contribution in [0.3, 0.4) is 0 Å². The zero-order chi connectivity index (χ0) is 7.82. The SMILES string of the molecule is C1=CNSC=C1.O.O=[P+](O)O.[H-].[K+]. The molecule has 0 saturated carbocycles. The summed E-state index contributed by atoms with van der Waals surface area (Å²) in [5.74, 6) is 0. The molecule has 1 aliphatic rings. The Morgan fingerprint density at radius 3 is 2.00 bits per heavy atom. The maximum atomic E-state index is 8.70. The molecule has 0 spiro atoms. The molecule has 0 aromatic rings. The summed E-state index contributed by atoms with van der Waals surface area (Å²) in [4.78, 5) is 14.2. The fourth-order valence-electron chi connectivity index (χ4n) is 0.258. The van der Waals surface area contributed by atoms with E-state index in [-0.39, 0.29) is 58.3 Å². The van der Waals surface area contributed by atoms with Gasteiger partial charge in [-0.1, -0.05) is 6.08 Å². The molecule has 1 heterocycles. The van der Waals surface area contributed by atoms with Crippen LogP contribution >= 0.6 is 20.2 Å². The third-order valence-electron chi connectivity index (χ3n) is 0.490. The summed E-state index contributed by atoms with van der Waals surface area (Å²) in [7, 11) is -2.87. The van der Waals surface area contributed by atoms with E-state index in [1.54, 1.807) is 11.9 Å². The van der Waals surface area contributed by atoms with Crippen molar-refractivity contribution in [1.29, 1.82) is 0 Å². The van der Waals surface area contributed by atoms with Crippen LogP contribution in [0.2, 0.25) is 0 Å². The van der Waals surface area contributed by atoms with E-state index in [0.717, 1.165) is 0 Å². The molecule has 0 unspecified atom stereocenters. The van der Waals surface area contributed by atoms with Crippen molar-refractivity contribution in [3.8, 4) is 0 Å². The molecule has 0 aliphatic carbocycles. The summed E-state index contributed by atoms with van der Waals surface area (Å²) in [6.07, 6.45) is 5.84. The third-order valence-corrected chi connectivity index (χ3v) is 1.06. The zero-order valence-corrected chi connectivity index (χ0v) is 11.3. The van der Waals surface area contributed by atoms with Gasteiger partial charge in [0.05, 0.1) is 0 Å². The van der Waals surface area contributed by atoms with Crippen molar-refractivity contribution < 1.29 is 72.6 Å². The van der Waals surface area contributed by atoms with Crippen LogP contribution in [-0.2, 0) is 4.57 Å². The summed E-state index contributed by atoms with van der Waals surface area (Å²) < 4.78 is 11.6. The number of nitrogens with one attached hydrogen (secondary N) is 1. The Morgan fingerprint density at radius 1 is 1.42 bits per heavy atom. The second-order valence-corrected chi connectivity index (χ2v) is 2.43. The predicted octanol–water partition coefficient (Wildman–Crippen LogP) is -2.81. The van der Waals surface area contributed by atoms with Crippen molar-refractivity contribution in [2.45, 2.75) is 0 Å². The summed E-state index contributed by atoms with van der Waals surface area (Å²) >= 11 is 1.58. The number of hydrogen-bond donors (Lipinski definition) is 3. The number of hydrogen-bond acceptors (Lipinski definition) is 3. The maximum absolute atomic E-state index is 8.70. The Labute approximate surface area is 120 Å². The second kappa shape index (κ2) is 14.8. The van der Waals surface area contributed by atoms with E-state index in [4.69, 9.17) is 14.4 Å². The maximum Gasteiger partial charge on any atom is 1.00 e. The summed E-state index contributed by atoms with van der Waals surface area (Å²) in [6, 6.07) is 0. The molecule has 0 radical (unpaired) electrons. The second-order valence-electron chi connectivity index (χ2n) is 1.18. The van der Waals surface area contributed by atoms with Crippen LogP contribution in [0.5, 0.6) is 0 Å². The quantitative estimate of drug-likeness (QED) is 0.240. The van der Waals surface area contributed by atoms with Gasteiger partial charge in [-0.15, -0.1) is 9.79 Å². The molecule has 66 valence electrons. The van der Waals surface area contributed by atoms with Crippen LogP contribution in [-0.4, -0.2) is 15.3 Å². The van der Waals surface area contributed by atoms with Crippen LogP contribution in [0.4, 0.5) is 0 Å². The minimum Gasteiger partial charge on any atom is -1.00 e.